The topological polar surface area (TPSA) is 142 Å². The third kappa shape index (κ3) is 3.55. The van der Waals surface area contributed by atoms with Crippen LogP contribution in [0.2, 0.25) is 0 Å². The Morgan fingerprint density at radius 3 is 2.93 bits per heavy atom. The summed E-state index contributed by atoms with van der Waals surface area (Å²) in [6.07, 6.45) is 3.22. The smallest absolute Gasteiger partial charge is 0.328 e. The number of nitrogens with zero attached hydrogens (tertiary/aromatic N) is 2. The minimum Gasteiger partial charge on any atom is -0.480 e. The second kappa shape index (κ2) is 4.84. The average molecular weight is 212 g/mol. The lowest BCUT2D eigenvalue weighted by molar-refractivity contribution is -0.139. The van der Waals surface area contributed by atoms with Gasteiger partial charge in [-0.15, -0.1) is 5.10 Å². The van der Waals surface area contributed by atoms with Crippen LogP contribution in [-0.2, 0) is 11.2 Å². The summed E-state index contributed by atoms with van der Waals surface area (Å²) in [6, 6.07) is -0.896. The van der Waals surface area contributed by atoms with Gasteiger partial charge in [-0.1, -0.05) is 0 Å². The standard InChI is InChI=1S/C7H12N6O2/c8-7(9)13-12-5(6(14)15)1-4-2-10-3-11-4/h2-3,5,12H,1H2,(H,10,11)(H,14,15)(H4,8,9,13)/t5-/m0/s1. The van der Waals surface area contributed by atoms with Crippen LogP contribution in [0.4, 0.5) is 0 Å². The van der Waals surface area contributed by atoms with E-state index in [1.807, 2.05) is 0 Å². The Balaban J connectivity index is 2.59. The molecule has 0 saturated carbocycles. The molecule has 1 heterocycles. The number of rotatable bonds is 5. The van der Waals surface area contributed by atoms with Gasteiger partial charge in [0.2, 0.25) is 5.96 Å². The van der Waals surface area contributed by atoms with Gasteiger partial charge in [-0.05, 0) is 0 Å². The molecule has 1 rings (SSSR count). The molecule has 0 fully saturated rings. The second-order valence-corrected chi connectivity index (χ2v) is 2.84. The zero-order valence-corrected chi connectivity index (χ0v) is 7.84. The fourth-order valence-corrected chi connectivity index (χ4v) is 0.957. The van der Waals surface area contributed by atoms with Crippen molar-refractivity contribution in [2.24, 2.45) is 16.6 Å². The lowest BCUT2D eigenvalue weighted by atomic mass is 10.2. The second-order valence-electron chi connectivity index (χ2n) is 2.84. The third-order valence-corrected chi connectivity index (χ3v) is 1.63. The van der Waals surface area contributed by atoms with Gasteiger partial charge >= 0.3 is 5.97 Å². The average Bonchev–Trinajstić information content (AvgIpc) is 2.63. The molecule has 0 amide bonds. The molecule has 0 saturated heterocycles. The van der Waals surface area contributed by atoms with Crippen molar-refractivity contribution in [3.8, 4) is 0 Å². The molecule has 0 aliphatic rings. The molecule has 8 nitrogen and oxygen atoms in total. The zero-order valence-electron chi connectivity index (χ0n) is 7.84. The Morgan fingerprint density at radius 1 is 1.73 bits per heavy atom. The predicted octanol–water partition coefficient (Wildman–Crippen LogP) is -1.82. The van der Waals surface area contributed by atoms with Crippen LogP contribution in [0.5, 0.6) is 0 Å². The Hall–Kier alpha value is -2.25. The number of hydrogen-bond acceptors (Lipinski definition) is 4. The van der Waals surface area contributed by atoms with Gasteiger partial charge in [0.1, 0.15) is 6.04 Å². The molecule has 1 aromatic heterocycles. The van der Waals surface area contributed by atoms with Crippen molar-refractivity contribution in [1.29, 1.82) is 0 Å². The van der Waals surface area contributed by atoms with Gasteiger partial charge in [0, 0.05) is 18.3 Å². The van der Waals surface area contributed by atoms with Crippen molar-refractivity contribution in [1.82, 2.24) is 15.4 Å². The van der Waals surface area contributed by atoms with E-state index in [4.69, 9.17) is 16.6 Å². The van der Waals surface area contributed by atoms with Crippen LogP contribution >= 0.6 is 0 Å². The summed E-state index contributed by atoms with van der Waals surface area (Å²) >= 11 is 0. The highest BCUT2D eigenvalue weighted by atomic mass is 16.4. The van der Waals surface area contributed by atoms with E-state index in [0.29, 0.717) is 5.69 Å². The van der Waals surface area contributed by atoms with Crippen molar-refractivity contribution >= 4 is 11.9 Å². The molecule has 1 aromatic rings. The molecular formula is C7H12N6O2. The van der Waals surface area contributed by atoms with Crippen LogP contribution in [-0.4, -0.2) is 33.0 Å². The maximum absolute atomic E-state index is 10.8. The number of carboxylic acids is 1. The number of aromatic nitrogens is 2. The fraction of sp³-hybridized carbons (Fsp3) is 0.286. The summed E-state index contributed by atoms with van der Waals surface area (Å²) < 4.78 is 0. The summed E-state index contributed by atoms with van der Waals surface area (Å²) in [6.45, 7) is 0. The van der Waals surface area contributed by atoms with Gasteiger partial charge in [-0.3, -0.25) is 5.43 Å². The molecule has 8 heteroatoms. The number of carbonyl (C=O) groups is 1. The number of imidazole rings is 1. The maximum Gasteiger partial charge on any atom is 0.328 e. The number of hydrazone groups is 1. The number of carboxylic acid groups (broad SMARTS) is 1. The first-order chi connectivity index (χ1) is 7.09. The molecule has 0 aliphatic carbocycles. The molecule has 82 valence electrons. The SMILES string of the molecule is NC(N)=NN[C@@H](Cc1cnc[nH]1)C(=O)O. The predicted molar refractivity (Wildman–Crippen MR) is 52.7 cm³/mol. The lowest BCUT2D eigenvalue weighted by Gasteiger charge is -2.10. The summed E-state index contributed by atoms with van der Waals surface area (Å²) in [5.41, 5.74) is 13.2. The number of aliphatic carboxylic acids is 1. The normalized spacial score (nSPS) is 11.7. The van der Waals surface area contributed by atoms with Crippen molar-refractivity contribution in [3.63, 3.8) is 0 Å². The number of guanidine groups is 1. The molecule has 0 aliphatic heterocycles. The third-order valence-electron chi connectivity index (χ3n) is 1.63. The van der Waals surface area contributed by atoms with E-state index in [9.17, 15) is 4.79 Å². The summed E-state index contributed by atoms with van der Waals surface area (Å²) in [5, 5.41) is 12.3. The first kappa shape index (κ1) is 10.8. The van der Waals surface area contributed by atoms with Crippen molar-refractivity contribution in [3.05, 3.63) is 18.2 Å². The van der Waals surface area contributed by atoms with Gasteiger partial charge in [0.05, 0.1) is 6.33 Å². The molecule has 0 aromatic carbocycles. The Bertz CT molecular complexity index is 342. The van der Waals surface area contributed by atoms with Crippen molar-refractivity contribution < 1.29 is 9.90 Å². The monoisotopic (exact) mass is 212 g/mol. The molecule has 0 radical (unpaired) electrons. The van der Waals surface area contributed by atoms with Crippen LogP contribution in [0.1, 0.15) is 5.69 Å². The Kier molecular flexibility index (Phi) is 3.49. The Morgan fingerprint density at radius 2 is 2.47 bits per heavy atom. The number of aromatic amines is 1. The van der Waals surface area contributed by atoms with E-state index >= 15 is 0 Å². The highest BCUT2D eigenvalue weighted by Crippen LogP contribution is 1.98. The van der Waals surface area contributed by atoms with E-state index in [2.05, 4.69) is 20.5 Å². The maximum atomic E-state index is 10.8. The van der Waals surface area contributed by atoms with E-state index < -0.39 is 12.0 Å². The van der Waals surface area contributed by atoms with Gasteiger partial charge in [-0.25, -0.2) is 9.78 Å². The first-order valence-corrected chi connectivity index (χ1v) is 4.14. The summed E-state index contributed by atoms with van der Waals surface area (Å²) in [5.74, 6) is -1.26. The van der Waals surface area contributed by atoms with Crippen molar-refractivity contribution in [2.45, 2.75) is 12.5 Å². The largest absolute Gasteiger partial charge is 0.480 e. The lowest BCUT2D eigenvalue weighted by Crippen LogP contribution is -2.38. The van der Waals surface area contributed by atoms with Crippen LogP contribution in [0.3, 0.4) is 0 Å². The van der Waals surface area contributed by atoms with Crippen LogP contribution in [0.15, 0.2) is 17.6 Å². The number of nitrogens with two attached hydrogens (primary N) is 2. The van der Waals surface area contributed by atoms with E-state index in [1.54, 1.807) is 0 Å². The van der Waals surface area contributed by atoms with Gasteiger partial charge in [0.25, 0.3) is 0 Å². The van der Waals surface area contributed by atoms with Gasteiger partial charge < -0.3 is 21.6 Å². The number of nitrogens with one attached hydrogen (secondary N) is 2. The summed E-state index contributed by atoms with van der Waals surface area (Å²) in [4.78, 5) is 17.3. The molecule has 0 bridgehead atoms. The van der Waals surface area contributed by atoms with Crippen LogP contribution < -0.4 is 16.9 Å². The highest BCUT2D eigenvalue weighted by Gasteiger charge is 2.17. The van der Waals surface area contributed by atoms with E-state index in [1.165, 1.54) is 12.5 Å². The number of H-pyrrole nitrogens is 1. The number of hydrogen-bond donors (Lipinski definition) is 5. The van der Waals surface area contributed by atoms with Crippen molar-refractivity contribution in [2.75, 3.05) is 0 Å². The van der Waals surface area contributed by atoms with Crippen LogP contribution in [0, 0.1) is 0 Å². The van der Waals surface area contributed by atoms with Gasteiger partial charge in [0.15, 0.2) is 0 Å². The molecular weight excluding hydrogens is 200 g/mol. The minimum atomic E-state index is -1.05. The Labute approximate surface area is 85.4 Å². The molecule has 0 unspecified atom stereocenters. The molecule has 15 heavy (non-hydrogen) atoms. The first-order valence-electron chi connectivity index (χ1n) is 4.14. The summed E-state index contributed by atoms with van der Waals surface area (Å²) in [7, 11) is 0. The quantitative estimate of drug-likeness (QED) is 0.221. The van der Waals surface area contributed by atoms with E-state index in [-0.39, 0.29) is 12.4 Å². The minimum absolute atomic E-state index is 0.214. The van der Waals surface area contributed by atoms with E-state index in [0.717, 1.165) is 0 Å². The fourth-order valence-electron chi connectivity index (χ4n) is 0.957. The van der Waals surface area contributed by atoms with Crippen LogP contribution in [0.25, 0.3) is 0 Å². The molecule has 7 N–H and O–H groups in total. The van der Waals surface area contributed by atoms with Gasteiger partial charge in [-0.2, -0.15) is 0 Å². The highest BCUT2D eigenvalue weighted by molar-refractivity contribution is 5.77. The molecule has 1 atom stereocenters. The zero-order chi connectivity index (χ0) is 11.3. The molecule has 0 spiro atoms.